The SMILES string of the molecule is CCNC(CCc1cccnc1)c1ccc(C)nc1. The van der Waals surface area contributed by atoms with E-state index in [1.54, 1.807) is 0 Å². The zero-order chi connectivity index (χ0) is 13.5. The van der Waals surface area contributed by atoms with Gasteiger partial charge in [-0.2, -0.15) is 0 Å². The van der Waals surface area contributed by atoms with Gasteiger partial charge in [-0.25, -0.2) is 0 Å². The van der Waals surface area contributed by atoms with Crippen LogP contribution in [0.3, 0.4) is 0 Å². The van der Waals surface area contributed by atoms with E-state index in [2.05, 4.69) is 40.4 Å². The van der Waals surface area contributed by atoms with Gasteiger partial charge in [-0.05, 0) is 49.6 Å². The molecule has 2 aromatic heterocycles. The molecule has 0 fully saturated rings. The molecular weight excluding hydrogens is 234 g/mol. The van der Waals surface area contributed by atoms with E-state index in [-0.39, 0.29) is 0 Å². The molecule has 0 aliphatic rings. The van der Waals surface area contributed by atoms with Crippen LogP contribution in [0.2, 0.25) is 0 Å². The molecule has 1 N–H and O–H groups in total. The zero-order valence-corrected chi connectivity index (χ0v) is 11.6. The van der Waals surface area contributed by atoms with E-state index in [0.29, 0.717) is 6.04 Å². The maximum atomic E-state index is 4.38. The number of hydrogen-bond acceptors (Lipinski definition) is 3. The first-order valence-electron chi connectivity index (χ1n) is 6.84. The fourth-order valence-corrected chi connectivity index (χ4v) is 2.18. The Hall–Kier alpha value is -1.74. The fraction of sp³-hybridized carbons (Fsp3) is 0.375. The number of aromatic nitrogens is 2. The second kappa shape index (κ2) is 7.00. The molecule has 2 aromatic rings. The molecule has 2 heterocycles. The number of aryl methyl sites for hydroxylation is 2. The van der Waals surface area contributed by atoms with Crippen molar-refractivity contribution < 1.29 is 0 Å². The minimum atomic E-state index is 0.360. The predicted octanol–water partition coefficient (Wildman–Crippen LogP) is 3.07. The van der Waals surface area contributed by atoms with Gasteiger partial charge >= 0.3 is 0 Å². The molecular formula is C16H21N3. The van der Waals surface area contributed by atoms with Crippen LogP contribution in [0.25, 0.3) is 0 Å². The number of nitrogens with zero attached hydrogens (tertiary/aromatic N) is 2. The highest BCUT2D eigenvalue weighted by Crippen LogP contribution is 2.18. The Morgan fingerprint density at radius 2 is 2.11 bits per heavy atom. The summed E-state index contributed by atoms with van der Waals surface area (Å²) in [6, 6.07) is 8.72. The lowest BCUT2D eigenvalue weighted by Crippen LogP contribution is -2.21. The van der Waals surface area contributed by atoms with E-state index < -0.39 is 0 Å². The van der Waals surface area contributed by atoms with Gasteiger partial charge in [-0.15, -0.1) is 0 Å². The van der Waals surface area contributed by atoms with Crippen molar-refractivity contribution in [1.29, 1.82) is 0 Å². The van der Waals surface area contributed by atoms with Gasteiger partial charge in [0.2, 0.25) is 0 Å². The lowest BCUT2D eigenvalue weighted by atomic mass is 10.0. The molecule has 0 aliphatic carbocycles. The van der Waals surface area contributed by atoms with Crippen molar-refractivity contribution in [3.63, 3.8) is 0 Å². The zero-order valence-electron chi connectivity index (χ0n) is 11.6. The topological polar surface area (TPSA) is 37.8 Å². The van der Waals surface area contributed by atoms with Crippen molar-refractivity contribution in [3.05, 3.63) is 59.7 Å². The van der Waals surface area contributed by atoms with Crippen LogP contribution in [-0.4, -0.2) is 16.5 Å². The first-order valence-corrected chi connectivity index (χ1v) is 6.84. The summed E-state index contributed by atoms with van der Waals surface area (Å²) in [6.07, 6.45) is 7.82. The third-order valence-corrected chi connectivity index (χ3v) is 3.23. The number of hydrogen-bond donors (Lipinski definition) is 1. The quantitative estimate of drug-likeness (QED) is 0.862. The van der Waals surface area contributed by atoms with Crippen LogP contribution in [0.5, 0.6) is 0 Å². The lowest BCUT2D eigenvalue weighted by molar-refractivity contribution is 0.513. The van der Waals surface area contributed by atoms with Gasteiger partial charge in [0, 0.05) is 30.3 Å². The molecule has 2 rings (SSSR count). The molecule has 0 bridgehead atoms. The predicted molar refractivity (Wildman–Crippen MR) is 77.9 cm³/mol. The molecule has 19 heavy (non-hydrogen) atoms. The molecule has 0 aromatic carbocycles. The summed E-state index contributed by atoms with van der Waals surface area (Å²) >= 11 is 0. The van der Waals surface area contributed by atoms with Crippen LogP contribution in [0.1, 0.15) is 36.2 Å². The van der Waals surface area contributed by atoms with Crippen molar-refractivity contribution in [2.75, 3.05) is 6.54 Å². The minimum Gasteiger partial charge on any atom is -0.310 e. The first-order chi connectivity index (χ1) is 9.29. The number of pyridine rings is 2. The van der Waals surface area contributed by atoms with Gasteiger partial charge in [-0.3, -0.25) is 9.97 Å². The molecule has 0 radical (unpaired) electrons. The van der Waals surface area contributed by atoms with Gasteiger partial charge < -0.3 is 5.32 Å². The van der Waals surface area contributed by atoms with Crippen LogP contribution in [0.15, 0.2) is 42.9 Å². The molecule has 3 nitrogen and oxygen atoms in total. The largest absolute Gasteiger partial charge is 0.310 e. The van der Waals surface area contributed by atoms with Crippen molar-refractivity contribution in [1.82, 2.24) is 15.3 Å². The van der Waals surface area contributed by atoms with Crippen LogP contribution in [0, 0.1) is 6.92 Å². The Morgan fingerprint density at radius 1 is 1.21 bits per heavy atom. The molecule has 0 saturated carbocycles. The summed E-state index contributed by atoms with van der Waals surface area (Å²) in [5.41, 5.74) is 3.60. The molecule has 0 saturated heterocycles. The third kappa shape index (κ3) is 4.14. The molecule has 1 atom stereocenters. The van der Waals surface area contributed by atoms with Gasteiger partial charge in [0.1, 0.15) is 0 Å². The van der Waals surface area contributed by atoms with Gasteiger partial charge in [-0.1, -0.05) is 19.1 Å². The van der Waals surface area contributed by atoms with E-state index in [0.717, 1.165) is 25.1 Å². The summed E-state index contributed by atoms with van der Waals surface area (Å²) in [7, 11) is 0. The highest BCUT2D eigenvalue weighted by atomic mass is 14.9. The van der Waals surface area contributed by atoms with Crippen molar-refractivity contribution in [2.24, 2.45) is 0 Å². The summed E-state index contributed by atoms with van der Waals surface area (Å²) in [5.74, 6) is 0. The molecule has 100 valence electrons. The van der Waals surface area contributed by atoms with Crippen LogP contribution < -0.4 is 5.32 Å². The normalized spacial score (nSPS) is 12.3. The number of rotatable bonds is 6. The summed E-state index contributed by atoms with van der Waals surface area (Å²) in [6.45, 7) is 5.12. The average molecular weight is 255 g/mol. The first kappa shape index (κ1) is 13.7. The average Bonchev–Trinajstić information content (AvgIpc) is 2.46. The van der Waals surface area contributed by atoms with Gasteiger partial charge in [0.25, 0.3) is 0 Å². The van der Waals surface area contributed by atoms with Crippen molar-refractivity contribution in [3.8, 4) is 0 Å². The van der Waals surface area contributed by atoms with E-state index in [1.165, 1.54) is 11.1 Å². The van der Waals surface area contributed by atoms with Gasteiger partial charge in [0.05, 0.1) is 0 Å². The van der Waals surface area contributed by atoms with Crippen LogP contribution in [0.4, 0.5) is 0 Å². The van der Waals surface area contributed by atoms with E-state index in [9.17, 15) is 0 Å². The summed E-state index contributed by atoms with van der Waals surface area (Å²) in [4.78, 5) is 8.55. The minimum absolute atomic E-state index is 0.360. The monoisotopic (exact) mass is 255 g/mol. The molecule has 0 spiro atoms. The van der Waals surface area contributed by atoms with E-state index >= 15 is 0 Å². The Morgan fingerprint density at radius 3 is 2.74 bits per heavy atom. The van der Waals surface area contributed by atoms with Crippen LogP contribution in [-0.2, 0) is 6.42 Å². The Labute approximate surface area is 115 Å². The summed E-state index contributed by atoms with van der Waals surface area (Å²) in [5, 5.41) is 3.53. The van der Waals surface area contributed by atoms with Crippen molar-refractivity contribution in [2.45, 2.75) is 32.7 Å². The second-order valence-electron chi connectivity index (χ2n) is 4.74. The maximum Gasteiger partial charge on any atom is 0.0372 e. The Kier molecular flexibility index (Phi) is 5.04. The Balaban J connectivity index is 2.02. The lowest BCUT2D eigenvalue weighted by Gasteiger charge is -2.18. The number of nitrogens with one attached hydrogen (secondary N) is 1. The smallest absolute Gasteiger partial charge is 0.0372 e. The highest BCUT2D eigenvalue weighted by Gasteiger charge is 2.10. The highest BCUT2D eigenvalue weighted by molar-refractivity contribution is 5.18. The van der Waals surface area contributed by atoms with Crippen LogP contribution >= 0.6 is 0 Å². The van der Waals surface area contributed by atoms with Gasteiger partial charge in [0.15, 0.2) is 0 Å². The fourth-order valence-electron chi connectivity index (χ4n) is 2.18. The maximum absolute atomic E-state index is 4.38. The second-order valence-corrected chi connectivity index (χ2v) is 4.74. The molecule has 0 amide bonds. The standard InChI is InChI=1S/C16H21N3/c1-3-18-16(15-8-6-13(2)19-12-15)9-7-14-5-4-10-17-11-14/h4-6,8,10-12,16,18H,3,7,9H2,1-2H3. The Bertz CT molecular complexity index is 479. The third-order valence-electron chi connectivity index (χ3n) is 3.23. The molecule has 0 aliphatic heterocycles. The summed E-state index contributed by atoms with van der Waals surface area (Å²) < 4.78 is 0. The molecule has 3 heteroatoms. The van der Waals surface area contributed by atoms with Crippen molar-refractivity contribution >= 4 is 0 Å². The van der Waals surface area contributed by atoms with E-state index in [4.69, 9.17) is 0 Å². The molecule has 1 unspecified atom stereocenters. The van der Waals surface area contributed by atoms with E-state index in [1.807, 2.05) is 31.6 Å².